The van der Waals surface area contributed by atoms with Crippen molar-refractivity contribution in [2.24, 2.45) is 0 Å². The summed E-state index contributed by atoms with van der Waals surface area (Å²) < 4.78 is 5.12. The maximum absolute atomic E-state index is 11.9. The molecule has 0 aromatic heterocycles. The fourth-order valence-electron chi connectivity index (χ4n) is 1.73. The summed E-state index contributed by atoms with van der Waals surface area (Å²) in [5.41, 5.74) is 0.779. The van der Waals surface area contributed by atoms with Crippen LogP contribution in [0.15, 0.2) is 42.5 Å². The normalized spacial score (nSPS) is 9.91. The quantitative estimate of drug-likeness (QED) is 0.659. The molecule has 22 heavy (non-hydrogen) atoms. The highest BCUT2D eigenvalue weighted by Gasteiger charge is 2.09. The van der Waals surface area contributed by atoms with Gasteiger partial charge in [-0.05, 0) is 30.3 Å². The van der Waals surface area contributed by atoms with Crippen molar-refractivity contribution >= 4 is 34.7 Å². The number of nitro benzene ring substituents is 1. The van der Waals surface area contributed by atoms with E-state index < -0.39 is 11.0 Å². The van der Waals surface area contributed by atoms with Crippen molar-refractivity contribution in [1.29, 1.82) is 0 Å². The van der Waals surface area contributed by atoms with Crippen LogP contribution in [0.25, 0.3) is 0 Å². The second-order valence-corrected chi connectivity index (χ2v) is 4.66. The number of benzene rings is 2. The molecule has 8 heteroatoms. The van der Waals surface area contributed by atoms with Crippen LogP contribution in [0.3, 0.4) is 0 Å². The van der Waals surface area contributed by atoms with Gasteiger partial charge in [0.2, 0.25) is 0 Å². The van der Waals surface area contributed by atoms with Gasteiger partial charge in [0, 0.05) is 22.8 Å². The van der Waals surface area contributed by atoms with Crippen molar-refractivity contribution in [1.82, 2.24) is 0 Å². The minimum Gasteiger partial charge on any atom is -0.495 e. The van der Waals surface area contributed by atoms with E-state index in [1.807, 2.05) is 0 Å². The first-order valence-electron chi connectivity index (χ1n) is 6.15. The van der Waals surface area contributed by atoms with E-state index >= 15 is 0 Å². The molecule has 2 amide bonds. The van der Waals surface area contributed by atoms with E-state index in [2.05, 4.69) is 10.6 Å². The third-order valence-corrected chi connectivity index (χ3v) is 2.98. The summed E-state index contributed by atoms with van der Waals surface area (Å²) in [4.78, 5) is 22.0. The van der Waals surface area contributed by atoms with Crippen LogP contribution in [0.1, 0.15) is 0 Å². The largest absolute Gasteiger partial charge is 0.495 e. The van der Waals surface area contributed by atoms with Crippen molar-refractivity contribution in [2.45, 2.75) is 0 Å². The number of nitrogens with one attached hydrogen (secondary N) is 2. The first-order valence-corrected chi connectivity index (χ1v) is 6.53. The lowest BCUT2D eigenvalue weighted by Crippen LogP contribution is -2.19. The first kappa shape index (κ1) is 15.6. The Labute approximate surface area is 131 Å². The lowest BCUT2D eigenvalue weighted by Gasteiger charge is -2.11. The third kappa shape index (κ3) is 3.86. The smallest absolute Gasteiger partial charge is 0.323 e. The van der Waals surface area contributed by atoms with Crippen LogP contribution in [0.4, 0.5) is 21.9 Å². The number of halogens is 1. The summed E-state index contributed by atoms with van der Waals surface area (Å²) in [6.45, 7) is 0. The predicted molar refractivity (Wildman–Crippen MR) is 83.7 cm³/mol. The molecule has 2 aromatic carbocycles. The predicted octanol–water partition coefficient (Wildman–Crippen LogP) is 3.90. The number of rotatable bonds is 4. The number of methoxy groups -OCH3 is 1. The van der Waals surface area contributed by atoms with Gasteiger partial charge in [-0.2, -0.15) is 0 Å². The molecule has 0 aliphatic rings. The Morgan fingerprint density at radius 3 is 2.45 bits per heavy atom. The average molecular weight is 322 g/mol. The standard InChI is InChI=1S/C14H12ClN3O4/c1-22-13-7-2-9(15)8-12(13)17-14(19)16-10-3-5-11(6-4-10)18(20)21/h2-8H,1H3,(H2,16,17,19). The number of hydrogen-bond acceptors (Lipinski definition) is 4. The Hall–Kier alpha value is -2.80. The van der Waals surface area contributed by atoms with Crippen molar-refractivity contribution in [2.75, 3.05) is 17.7 Å². The Kier molecular flexibility index (Phi) is 4.80. The summed E-state index contributed by atoms with van der Waals surface area (Å²) >= 11 is 5.87. The summed E-state index contributed by atoms with van der Waals surface area (Å²) in [6, 6.07) is 9.78. The zero-order valence-electron chi connectivity index (χ0n) is 11.5. The number of carbonyl (C=O) groups excluding carboxylic acids is 1. The second kappa shape index (κ2) is 6.77. The van der Waals surface area contributed by atoms with Crippen LogP contribution in [0, 0.1) is 10.1 Å². The zero-order chi connectivity index (χ0) is 16.1. The molecule has 0 spiro atoms. The molecule has 0 saturated heterocycles. The highest BCUT2D eigenvalue weighted by atomic mass is 35.5. The lowest BCUT2D eigenvalue weighted by atomic mass is 10.3. The van der Waals surface area contributed by atoms with Crippen LogP contribution < -0.4 is 15.4 Å². The molecule has 2 rings (SSSR count). The number of anilines is 2. The fourth-order valence-corrected chi connectivity index (χ4v) is 1.90. The highest BCUT2D eigenvalue weighted by Crippen LogP contribution is 2.27. The van der Waals surface area contributed by atoms with Gasteiger partial charge < -0.3 is 15.4 Å². The topological polar surface area (TPSA) is 93.5 Å². The molecule has 0 heterocycles. The number of amides is 2. The maximum atomic E-state index is 11.9. The molecule has 7 nitrogen and oxygen atoms in total. The van der Waals surface area contributed by atoms with Gasteiger partial charge >= 0.3 is 6.03 Å². The summed E-state index contributed by atoms with van der Waals surface area (Å²) in [5, 5.41) is 16.2. The molecular formula is C14H12ClN3O4. The Morgan fingerprint density at radius 2 is 1.86 bits per heavy atom. The number of hydrogen-bond donors (Lipinski definition) is 2. The van der Waals surface area contributed by atoms with E-state index in [0.29, 0.717) is 22.1 Å². The first-order chi connectivity index (χ1) is 10.5. The van der Waals surface area contributed by atoms with Gasteiger partial charge in [0.25, 0.3) is 5.69 Å². The minimum atomic E-state index is -0.519. The van der Waals surface area contributed by atoms with Crippen LogP contribution in [0.2, 0.25) is 5.02 Å². The summed E-state index contributed by atoms with van der Waals surface area (Å²) in [6.07, 6.45) is 0. The maximum Gasteiger partial charge on any atom is 0.323 e. The van der Waals surface area contributed by atoms with Crippen molar-refractivity contribution in [3.05, 3.63) is 57.6 Å². The number of nitro groups is 1. The number of nitrogens with zero attached hydrogens (tertiary/aromatic N) is 1. The van der Waals surface area contributed by atoms with Gasteiger partial charge in [0.1, 0.15) is 5.75 Å². The van der Waals surface area contributed by atoms with E-state index in [1.165, 1.54) is 31.4 Å². The molecule has 114 valence electrons. The van der Waals surface area contributed by atoms with Crippen LogP contribution >= 0.6 is 11.6 Å². The van der Waals surface area contributed by atoms with Crippen LogP contribution in [0.5, 0.6) is 5.75 Å². The van der Waals surface area contributed by atoms with Gasteiger partial charge in [-0.15, -0.1) is 0 Å². The molecular weight excluding hydrogens is 310 g/mol. The molecule has 0 unspecified atom stereocenters. The van der Waals surface area contributed by atoms with Crippen LogP contribution in [-0.2, 0) is 0 Å². The molecule has 0 fully saturated rings. The van der Waals surface area contributed by atoms with E-state index in [9.17, 15) is 14.9 Å². The number of urea groups is 1. The number of carbonyl (C=O) groups is 1. The summed E-state index contributed by atoms with van der Waals surface area (Å²) in [5.74, 6) is 0.461. The van der Waals surface area contributed by atoms with Gasteiger partial charge in [0.15, 0.2) is 0 Å². The van der Waals surface area contributed by atoms with E-state index in [0.717, 1.165) is 0 Å². The second-order valence-electron chi connectivity index (χ2n) is 4.23. The molecule has 2 N–H and O–H groups in total. The molecule has 0 saturated carbocycles. The SMILES string of the molecule is COc1ccc(Cl)cc1NC(=O)Nc1ccc([N+](=O)[O-])cc1. The zero-order valence-corrected chi connectivity index (χ0v) is 12.3. The third-order valence-electron chi connectivity index (χ3n) is 2.75. The molecule has 2 aromatic rings. The van der Waals surface area contributed by atoms with Gasteiger partial charge in [-0.25, -0.2) is 4.79 Å². The van der Waals surface area contributed by atoms with Crippen molar-refractivity contribution in [3.63, 3.8) is 0 Å². The van der Waals surface area contributed by atoms with Gasteiger partial charge in [0.05, 0.1) is 17.7 Å². The molecule has 0 radical (unpaired) electrons. The number of non-ortho nitro benzene ring substituents is 1. The summed E-state index contributed by atoms with van der Waals surface area (Å²) in [7, 11) is 1.47. The van der Waals surface area contributed by atoms with E-state index in [1.54, 1.807) is 18.2 Å². The van der Waals surface area contributed by atoms with Crippen molar-refractivity contribution in [3.8, 4) is 5.75 Å². The number of ether oxygens (including phenoxy) is 1. The highest BCUT2D eigenvalue weighted by molar-refractivity contribution is 6.31. The van der Waals surface area contributed by atoms with E-state index in [-0.39, 0.29) is 5.69 Å². The molecule has 0 aliphatic heterocycles. The average Bonchev–Trinajstić information content (AvgIpc) is 2.48. The Bertz CT molecular complexity index is 704. The fraction of sp³-hybridized carbons (Fsp3) is 0.0714. The molecule has 0 aliphatic carbocycles. The molecule has 0 bridgehead atoms. The monoisotopic (exact) mass is 321 g/mol. The molecule has 0 atom stereocenters. The lowest BCUT2D eigenvalue weighted by molar-refractivity contribution is -0.384. The van der Waals surface area contributed by atoms with E-state index in [4.69, 9.17) is 16.3 Å². The van der Waals surface area contributed by atoms with Crippen molar-refractivity contribution < 1.29 is 14.5 Å². The van der Waals surface area contributed by atoms with Crippen LogP contribution in [-0.4, -0.2) is 18.1 Å². The van der Waals surface area contributed by atoms with Gasteiger partial charge in [-0.1, -0.05) is 11.6 Å². The van der Waals surface area contributed by atoms with Gasteiger partial charge in [-0.3, -0.25) is 10.1 Å². The Morgan fingerprint density at radius 1 is 1.18 bits per heavy atom. The minimum absolute atomic E-state index is 0.0533. The Balaban J connectivity index is 2.07.